The monoisotopic (exact) mass is 442 g/mol. The molecule has 0 saturated carbocycles. The maximum atomic E-state index is 12.2. The number of nitriles is 1. The van der Waals surface area contributed by atoms with E-state index in [4.69, 9.17) is 23.1 Å². The minimum atomic E-state index is -0.309. The lowest BCUT2D eigenvalue weighted by Gasteiger charge is -2.16. The van der Waals surface area contributed by atoms with Crippen molar-refractivity contribution < 1.29 is 0 Å². The number of aliphatic imine (C=N–C) groups is 1. The van der Waals surface area contributed by atoms with Crippen LogP contribution >= 0.6 is 11.6 Å². The summed E-state index contributed by atoms with van der Waals surface area (Å²) in [5.74, 6) is 0. The third-order valence-corrected chi connectivity index (χ3v) is 5.75. The second-order valence-electron chi connectivity index (χ2n) is 7.06. The van der Waals surface area contributed by atoms with Crippen LogP contribution in [-0.2, 0) is 6.54 Å². The Balaban J connectivity index is 1.97. The molecule has 0 atom stereocenters. The summed E-state index contributed by atoms with van der Waals surface area (Å²) in [5.41, 5.74) is 14.7. The lowest BCUT2D eigenvalue weighted by atomic mass is 9.90. The molecular formula is C24H19ClN6O. The Bertz CT molecular complexity index is 1530. The molecule has 0 saturated heterocycles. The number of aromatic amines is 1. The molecule has 7 nitrogen and oxygen atoms in total. The zero-order valence-corrected chi connectivity index (χ0v) is 17.9. The maximum absolute atomic E-state index is 12.2. The fraction of sp³-hybridized carbons (Fsp3) is 0.0833. The quantitative estimate of drug-likeness (QED) is 0.416. The van der Waals surface area contributed by atoms with Crippen molar-refractivity contribution in [3.05, 3.63) is 92.5 Å². The van der Waals surface area contributed by atoms with Crippen LogP contribution in [0.3, 0.4) is 0 Å². The van der Waals surface area contributed by atoms with Crippen LogP contribution in [0.25, 0.3) is 27.1 Å². The van der Waals surface area contributed by atoms with Gasteiger partial charge in [0.05, 0.1) is 33.4 Å². The standard InChI is InChI=1S/C24H19ClN6O/c1-29-23(21-15(10-26)8-13-4-2-3-5-16(13)22(21)25)19(11-27)14-6-7-17-18(9-14)20(12-28)30-31-24(17)32/h2-9,11H,12,27-28H2,1H3,(H,31,32)/b19-11-,29-23?. The number of fused-ring (bicyclic) bond motifs is 2. The van der Waals surface area contributed by atoms with Gasteiger partial charge in [0.2, 0.25) is 0 Å². The third-order valence-electron chi connectivity index (χ3n) is 5.36. The van der Waals surface area contributed by atoms with Gasteiger partial charge < -0.3 is 11.5 Å². The normalized spacial score (nSPS) is 12.3. The van der Waals surface area contributed by atoms with E-state index in [1.807, 2.05) is 24.3 Å². The van der Waals surface area contributed by atoms with E-state index in [0.717, 1.165) is 10.8 Å². The van der Waals surface area contributed by atoms with Crippen LogP contribution in [-0.4, -0.2) is 23.0 Å². The molecule has 0 unspecified atom stereocenters. The van der Waals surface area contributed by atoms with Gasteiger partial charge in [0.25, 0.3) is 5.56 Å². The molecule has 4 rings (SSSR count). The topological polar surface area (TPSA) is 134 Å². The first kappa shape index (κ1) is 21.2. The van der Waals surface area contributed by atoms with Gasteiger partial charge in [0, 0.05) is 41.7 Å². The summed E-state index contributed by atoms with van der Waals surface area (Å²) in [4.78, 5) is 16.6. The second kappa shape index (κ2) is 8.63. The summed E-state index contributed by atoms with van der Waals surface area (Å²) in [6.45, 7) is 0.155. The van der Waals surface area contributed by atoms with E-state index >= 15 is 0 Å². The van der Waals surface area contributed by atoms with Crippen molar-refractivity contribution in [2.45, 2.75) is 6.54 Å². The minimum Gasteiger partial charge on any atom is -0.404 e. The summed E-state index contributed by atoms with van der Waals surface area (Å²) in [5, 5.41) is 19.5. The van der Waals surface area contributed by atoms with Crippen molar-refractivity contribution in [2.75, 3.05) is 7.05 Å². The van der Waals surface area contributed by atoms with E-state index < -0.39 is 0 Å². The van der Waals surface area contributed by atoms with E-state index in [1.54, 1.807) is 31.3 Å². The summed E-state index contributed by atoms with van der Waals surface area (Å²) < 4.78 is 0. The van der Waals surface area contributed by atoms with Crippen molar-refractivity contribution in [1.29, 1.82) is 5.26 Å². The van der Waals surface area contributed by atoms with Gasteiger partial charge in [-0.05, 0) is 29.1 Å². The Morgan fingerprint density at radius 3 is 2.69 bits per heavy atom. The average molecular weight is 443 g/mol. The van der Waals surface area contributed by atoms with Gasteiger partial charge >= 0.3 is 0 Å². The minimum absolute atomic E-state index is 0.155. The first-order valence-electron chi connectivity index (χ1n) is 9.76. The second-order valence-corrected chi connectivity index (χ2v) is 7.44. The van der Waals surface area contributed by atoms with E-state index in [0.29, 0.717) is 49.5 Å². The molecule has 1 heterocycles. The predicted molar refractivity (Wildman–Crippen MR) is 129 cm³/mol. The van der Waals surface area contributed by atoms with Gasteiger partial charge in [-0.2, -0.15) is 10.4 Å². The molecule has 3 aromatic carbocycles. The molecule has 32 heavy (non-hydrogen) atoms. The number of aromatic nitrogens is 2. The van der Waals surface area contributed by atoms with Crippen LogP contribution in [0.4, 0.5) is 0 Å². The largest absolute Gasteiger partial charge is 0.404 e. The van der Waals surface area contributed by atoms with E-state index in [2.05, 4.69) is 21.3 Å². The van der Waals surface area contributed by atoms with E-state index in [1.165, 1.54) is 6.20 Å². The number of hydrogen-bond donors (Lipinski definition) is 3. The smallest absolute Gasteiger partial charge is 0.272 e. The fourth-order valence-electron chi connectivity index (χ4n) is 3.84. The van der Waals surface area contributed by atoms with Crippen molar-refractivity contribution in [2.24, 2.45) is 16.5 Å². The summed E-state index contributed by atoms with van der Waals surface area (Å²) in [6, 6.07) is 16.8. The van der Waals surface area contributed by atoms with Crippen LogP contribution in [0.1, 0.15) is 22.4 Å². The molecule has 0 aliphatic rings. The molecule has 0 spiro atoms. The third kappa shape index (κ3) is 3.42. The Morgan fingerprint density at radius 1 is 1.22 bits per heavy atom. The molecule has 0 aliphatic carbocycles. The molecule has 0 aliphatic heterocycles. The van der Waals surface area contributed by atoms with Gasteiger partial charge in [-0.3, -0.25) is 9.79 Å². The number of benzene rings is 3. The zero-order chi connectivity index (χ0) is 22.8. The number of allylic oxidation sites excluding steroid dienone is 1. The summed E-state index contributed by atoms with van der Waals surface area (Å²) in [6.07, 6.45) is 1.42. The van der Waals surface area contributed by atoms with Gasteiger partial charge in [0.15, 0.2) is 0 Å². The van der Waals surface area contributed by atoms with Crippen LogP contribution in [0.15, 0.2) is 64.5 Å². The molecular weight excluding hydrogens is 424 g/mol. The average Bonchev–Trinajstić information content (AvgIpc) is 2.83. The molecule has 4 aromatic rings. The first-order valence-corrected chi connectivity index (χ1v) is 10.1. The maximum Gasteiger partial charge on any atom is 0.272 e. The molecule has 0 fully saturated rings. The van der Waals surface area contributed by atoms with E-state index in [9.17, 15) is 10.1 Å². The molecule has 8 heteroatoms. The molecule has 5 N–H and O–H groups in total. The highest BCUT2D eigenvalue weighted by Gasteiger charge is 2.21. The molecule has 0 amide bonds. The van der Waals surface area contributed by atoms with Crippen molar-refractivity contribution in [3.63, 3.8) is 0 Å². The van der Waals surface area contributed by atoms with Crippen molar-refractivity contribution in [1.82, 2.24) is 10.2 Å². The molecule has 0 radical (unpaired) electrons. The van der Waals surface area contributed by atoms with E-state index in [-0.39, 0.29) is 12.1 Å². The number of nitrogens with one attached hydrogen (secondary N) is 1. The predicted octanol–water partition coefficient (Wildman–Crippen LogP) is 3.48. The highest BCUT2D eigenvalue weighted by atomic mass is 35.5. The highest BCUT2D eigenvalue weighted by Crippen LogP contribution is 2.34. The number of nitrogens with two attached hydrogens (primary N) is 2. The van der Waals surface area contributed by atoms with Crippen LogP contribution < -0.4 is 17.0 Å². The Kier molecular flexibility index (Phi) is 5.73. The van der Waals surface area contributed by atoms with Gasteiger partial charge in [-0.1, -0.05) is 41.9 Å². The molecule has 158 valence electrons. The highest BCUT2D eigenvalue weighted by molar-refractivity contribution is 6.44. The van der Waals surface area contributed by atoms with Gasteiger partial charge in [-0.25, -0.2) is 5.10 Å². The zero-order valence-electron chi connectivity index (χ0n) is 17.2. The van der Waals surface area contributed by atoms with Gasteiger partial charge in [0.1, 0.15) is 0 Å². The Morgan fingerprint density at radius 2 is 2.00 bits per heavy atom. The molecule has 1 aromatic heterocycles. The summed E-state index contributed by atoms with van der Waals surface area (Å²) >= 11 is 6.78. The number of halogens is 1. The Hall–Kier alpha value is -3.99. The summed E-state index contributed by atoms with van der Waals surface area (Å²) in [7, 11) is 1.62. The first-order chi connectivity index (χ1) is 15.5. The van der Waals surface area contributed by atoms with Crippen LogP contribution in [0.2, 0.25) is 5.02 Å². The van der Waals surface area contributed by atoms with Crippen molar-refractivity contribution >= 4 is 44.4 Å². The number of hydrogen-bond acceptors (Lipinski definition) is 6. The SMILES string of the molecule is CN=C(/C(=C\N)c1ccc2c(=O)[nH]nc(CN)c2c1)c1c(C#N)cc2ccccc2c1Cl. The lowest BCUT2D eigenvalue weighted by molar-refractivity contribution is 0.900. The number of rotatable bonds is 4. The van der Waals surface area contributed by atoms with Crippen LogP contribution in [0.5, 0.6) is 0 Å². The van der Waals surface area contributed by atoms with Crippen molar-refractivity contribution in [3.8, 4) is 6.07 Å². The van der Waals surface area contributed by atoms with Gasteiger partial charge in [-0.15, -0.1) is 0 Å². The molecule has 0 bridgehead atoms. The number of nitrogens with zero attached hydrogens (tertiary/aromatic N) is 3. The fourth-order valence-corrected chi connectivity index (χ4v) is 4.21. The van der Waals surface area contributed by atoms with Crippen LogP contribution in [0, 0.1) is 11.3 Å². The number of H-pyrrole nitrogens is 1. The lowest BCUT2D eigenvalue weighted by Crippen LogP contribution is -2.14. The Labute approximate surface area is 188 Å².